The summed E-state index contributed by atoms with van der Waals surface area (Å²) in [4.78, 5) is 25.8. The number of methoxy groups -OCH3 is 1. The fraction of sp³-hybridized carbons (Fsp3) is 0.0909. The highest BCUT2D eigenvalue weighted by Gasteiger charge is 2.34. The number of carbonyl (C=O) groups excluding carboxylic acids is 2. The molecule has 6 heteroatoms. The number of ether oxygens (including phenoxy) is 1. The van der Waals surface area contributed by atoms with Crippen molar-refractivity contribution in [1.29, 1.82) is 0 Å². The van der Waals surface area contributed by atoms with Gasteiger partial charge in [0.1, 0.15) is 11.9 Å². The van der Waals surface area contributed by atoms with Crippen molar-refractivity contribution in [3.05, 3.63) is 95.6 Å². The Morgan fingerprint density at radius 1 is 0.964 bits per heavy atom. The summed E-state index contributed by atoms with van der Waals surface area (Å²) in [5, 5.41) is 4.67. The van der Waals surface area contributed by atoms with Crippen molar-refractivity contribution in [2.75, 3.05) is 12.4 Å². The normalized spacial score (nSPS) is 15.4. The standard InChI is InChI=1S/C22H19N3O3/c1-28-17-13-11-15(12-14-17)20-23-19-10-6-5-9-18(19)22(27)25(20)24-21(26)16-7-3-2-4-8-16/h2-14,20,23H,1H3,(H,24,26)/t20-/m1/s1. The van der Waals surface area contributed by atoms with Crippen LogP contribution in [0.25, 0.3) is 0 Å². The van der Waals surface area contributed by atoms with Crippen molar-refractivity contribution in [3.8, 4) is 5.75 Å². The SMILES string of the molecule is COc1ccc([C@@H]2Nc3ccccc3C(=O)N2NC(=O)c2ccccc2)cc1. The van der Waals surface area contributed by atoms with E-state index in [4.69, 9.17) is 4.74 Å². The molecule has 1 aliphatic heterocycles. The Balaban J connectivity index is 1.70. The molecule has 6 nitrogen and oxygen atoms in total. The number of benzene rings is 3. The van der Waals surface area contributed by atoms with Crippen molar-refractivity contribution >= 4 is 17.5 Å². The van der Waals surface area contributed by atoms with Gasteiger partial charge in [-0.15, -0.1) is 0 Å². The Kier molecular flexibility index (Phi) is 4.68. The predicted molar refractivity (Wildman–Crippen MR) is 106 cm³/mol. The number of amides is 2. The van der Waals surface area contributed by atoms with Crippen molar-refractivity contribution in [2.45, 2.75) is 6.17 Å². The minimum absolute atomic E-state index is 0.278. The van der Waals surface area contributed by atoms with Gasteiger partial charge in [0, 0.05) is 11.3 Å². The van der Waals surface area contributed by atoms with Crippen LogP contribution in [-0.2, 0) is 0 Å². The number of fused-ring (bicyclic) bond motifs is 1. The third-order valence-corrected chi connectivity index (χ3v) is 4.62. The van der Waals surface area contributed by atoms with E-state index in [0.29, 0.717) is 16.9 Å². The second-order valence-corrected chi connectivity index (χ2v) is 6.35. The van der Waals surface area contributed by atoms with E-state index < -0.39 is 6.17 Å². The molecule has 0 fully saturated rings. The number of hydrogen-bond donors (Lipinski definition) is 2. The summed E-state index contributed by atoms with van der Waals surface area (Å²) in [5.41, 5.74) is 5.27. The van der Waals surface area contributed by atoms with Crippen molar-refractivity contribution in [3.63, 3.8) is 0 Å². The van der Waals surface area contributed by atoms with Crippen LogP contribution in [0, 0.1) is 0 Å². The first kappa shape index (κ1) is 17.6. The van der Waals surface area contributed by atoms with Gasteiger partial charge in [-0.1, -0.05) is 42.5 Å². The Morgan fingerprint density at radius 2 is 1.64 bits per heavy atom. The highest BCUT2D eigenvalue weighted by atomic mass is 16.5. The summed E-state index contributed by atoms with van der Waals surface area (Å²) in [6.45, 7) is 0. The van der Waals surface area contributed by atoms with Gasteiger partial charge in [0.25, 0.3) is 11.8 Å². The highest BCUT2D eigenvalue weighted by Crippen LogP contribution is 2.32. The lowest BCUT2D eigenvalue weighted by molar-refractivity contribution is 0.0491. The maximum absolute atomic E-state index is 13.1. The molecular formula is C22H19N3O3. The molecule has 0 spiro atoms. The molecule has 140 valence electrons. The minimum Gasteiger partial charge on any atom is -0.497 e. The van der Waals surface area contributed by atoms with E-state index in [1.807, 2.05) is 42.5 Å². The average molecular weight is 373 g/mol. The van der Waals surface area contributed by atoms with E-state index in [0.717, 1.165) is 11.3 Å². The quantitative estimate of drug-likeness (QED) is 0.733. The van der Waals surface area contributed by atoms with Crippen LogP contribution in [0.1, 0.15) is 32.4 Å². The zero-order valence-electron chi connectivity index (χ0n) is 15.3. The number of anilines is 1. The van der Waals surface area contributed by atoms with Crippen molar-refractivity contribution in [1.82, 2.24) is 10.4 Å². The first-order valence-electron chi connectivity index (χ1n) is 8.86. The van der Waals surface area contributed by atoms with Gasteiger partial charge < -0.3 is 10.1 Å². The van der Waals surface area contributed by atoms with Crippen LogP contribution in [0.15, 0.2) is 78.9 Å². The fourth-order valence-electron chi connectivity index (χ4n) is 3.15. The second kappa shape index (κ2) is 7.44. The van der Waals surface area contributed by atoms with Gasteiger partial charge in [-0.25, -0.2) is 5.01 Å². The first-order valence-corrected chi connectivity index (χ1v) is 8.86. The van der Waals surface area contributed by atoms with Crippen molar-refractivity contribution in [2.24, 2.45) is 0 Å². The zero-order valence-corrected chi connectivity index (χ0v) is 15.3. The number of nitrogens with one attached hydrogen (secondary N) is 2. The number of hydrazine groups is 1. The van der Waals surface area contributed by atoms with Gasteiger partial charge in [-0.2, -0.15) is 0 Å². The van der Waals surface area contributed by atoms with Gasteiger partial charge in [0.05, 0.1) is 12.7 Å². The van der Waals surface area contributed by atoms with Crippen LogP contribution in [0.4, 0.5) is 5.69 Å². The molecule has 4 rings (SSSR count). The molecule has 28 heavy (non-hydrogen) atoms. The molecule has 0 aliphatic carbocycles. The Morgan fingerprint density at radius 3 is 2.36 bits per heavy atom. The monoisotopic (exact) mass is 373 g/mol. The maximum Gasteiger partial charge on any atom is 0.276 e. The number of para-hydroxylation sites is 1. The fourth-order valence-corrected chi connectivity index (χ4v) is 3.15. The molecule has 0 saturated carbocycles. The van der Waals surface area contributed by atoms with E-state index in [2.05, 4.69) is 10.7 Å². The molecule has 0 unspecified atom stereocenters. The van der Waals surface area contributed by atoms with E-state index in [1.165, 1.54) is 5.01 Å². The average Bonchev–Trinajstić information content (AvgIpc) is 2.76. The summed E-state index contributed by atoms with van der Waals surface area (Å²) < 4.78 is 5.21. The second-order valence-electron chi connectivity index (χ2n) is 6.35. The molecule has 3 aromatic carbocycles. The highest BCUT2D eigenvalue weighted by molar-refractivity contribution is 6.03. The van der Waals surface area contributed by atoms with E-state index >= 15 is 0 Å². The van der Waals surface area contributed by atoms with Crippen LogP contribution in [0.3, 0.4) is 0 Å². The van der Waals surface area contributed by atoms with Crippen LogP contribution in [-0.4, -0.2) is 23.9 Å². The Bertz CT molecular complexity index is 1000. The topological polar surface area (TPSA) is 70.7 Å². The van der Waals surface area contributed by atoms with Gasteiger partial charge in [-0.05, 0) is 42.0 Å². The zero-order chi connectivity index (χ0) is 19.5. The minimum atomic E-state index is -0.555. The molecule has 1 atom stereocenters. The van der Waals surface area contributed by atoms with Crippen LogP contribution in [0.5, 0.6) is 5.75 Å². The summed E-state index contributed by atoms with van der Waals surface area (Å²) in [5.74, 6) is 0.0826. The van der Waals surface area contributed by atoms with Crippen LogP contribution < -0.4 is 15.5 Å². The van der Waals surface area contributed by atoms with Crippen molar-refractivity contribution < 1.29 is 14.3 Å². The van der Waals surface area contributed by atoms with E-state index in [-0.39, 0.29) is 11.8 Å². The molecular weight excluding hydrogens is 354 g/mol. The molecule has 0 radical (unpaired) electrons. The molecule has 1 aliphatic rings. The number of carbonyl (C=O) groups is 2. The smallest absolute Gasteiger partial charge is 0.276 e. The van der Waals surface area contributed by atoms with E-state index in [9.17, 15) is 9.59 Å². The molecule has 0 saturated heterocycles. The lowest BCUT2D eigenvalue weighted by Gasteiger charge is -2.37. The van der Waals surface area contributed by atoms with Gasteiger partial charge in [-0.3, -0.25) is 15.0 Å². The molecule has 2 amide bonds. The molecule has 0 aromatic heterocycles. The number of hydrogen-bond acceptors (Lipinski definition) is 4. The van der Waals surface area contributed by atoms with Gasteiger partial charge >= 0.3 is 0 Å². The lowest BCUT2D eigenvalue weighted by Crippen LogP contribution is -2.52. The third-order valence-electron chi connectivity index (χ3n) is 4.62. The molecule has 3 aromatic rings. The maximum atomic E-state index is 13.1. The lowest BCUT2D eigenvalue weighted by atomic mass is 10.0. The number of rotatable bonds is 4. The molecule has 0 bridgehead atoms. The predicted octanol–water partition coefficient (Wildman–Crippen LogP) is 3.61. The van der Waals surface area contributed by atoms with Gasteiger partial charge in [0.2, 0.25) is 0 Å². The summed E-state index contributed by atoms with van der Waals surface area (Å²) in [7, 11) is 1.60. The largest absolute Gasteiger partial charge is 0.497 e. The van der Waals surface area contributed by atoms with Crippen LogP contribution in [0.2, 0.25) is 0 Å². The van der Waals surface area contributed by atoms with Crippen LogP contribution >= 0.6 is 0 Å². The third kappa shape index (κ3) is 3.27. The van der Waals surface area contributed by atoms with Gasteiger partial charge in [0.15, 0.2) is 0 Å². The molecule has 2 N–H and O–H groups in total. The molecule has 1 heterocycles. The summed E-state index contributed by atoms with van der Waals surface area (Å²) in [6, 6.07) is 23.4. The summed E-state index contributed by atoms with van der Waals surface area (Å²) in [6.07, 6.45) is -0.555. The Hall–Kier alpha value is -3.80. The van der Waals surface area contributed by atoms with E-state index in [1.54, 1.807) is 43.5 Å². The Labute approximate surface area is 162 Å². The number of nitrogens with zero attached hydrogens (tertiary/aromatic N) is 1. The summed E-state index contributed by atoms with van der Waals surface area (Å²) >= 11 is 0. The first-order chi connectivity index (χ1) is 13.7.